The normalized spacial score (nSPS) is 11.9. The van der Waals surface area contributed by atoms with Crippen molar-refractivity contribution in [1.29, 1.82) is 0 Å². The first-order chi connectivity index (χ1) is 8.02. The van der Waals surface area contributed by atoms with Crippen molar-refractivity contribution >= 4 is 23.1 Å². The molecule has 1 atom stereocenters. The van der Waals surface area contributed by atoms with Crippen LogP contribution in [-0.2, 0) is 11.2 Å². The Morgan fingerprint density at radius 1 is 1.47 bits per heavy atom. The zero-order chi connectivity index (χ0) is 12.8. The van der Waals surface area contributed by atoms with Gasteiger partial charge in [-0.15, -0.1) is 0 Å². The van der Waals surface area contributed by atoms with Gasteiger partial charge >= 0.3 is 0 Å². The summed E-state index contributed by atoms with van der Waals surface area (Å²) in [5, 5.41) is 2.83. The van der Waals surface area contributed by atoms with Gasteiger partial charge in [0.15, 0.2) is 0 Å². The molecule has 0 fully saturated rings. The maximum Gasteiger partial charge on any atom is 0.229 e. The molecule has 0 saturated heterocycles. The predicted molar refractivity (Wildman–Crippen MR) is 73.8 cm³/mol. The molecule has 1 rings (SSSR count). The molecule has 3 nitrogen and oxygen atoms in total. The quantitative estimate of drug-likeness (QED) is 0.780. The van der Waals surface area contributed by atoms with Crippen LogP contribution in [0, 0.1) is 12.8 Å². The van der Waals surface area contributed by atoms with Gasteiger partial charge in [0.1, 0.15) is 0 Å². The van der Waals surface area contributed by atoms with Crippen LogP contribution in [0.2, 0.25) is 0 Å². The molecule has 0 radical (unpaired) electrons. The molecule has 1 aromatic rings. The number of thiocarbonyl (C=S) groups is 1. The molecule has 1 unspecified atom stereocenters. The Hall–Kier alpha value is -1.42. The van der Waals surface area contributed by atoms with Crippen LogP contribution in [0.3, 0.4) is 0 Å². The van der Waals surface area contributed by atoms with Gasteiger partial charge in [0.25, 0.3) is 0 Å². The molecule has 1 amide bonds. The fourth-order valence-electron chi connectivity index (χ4n) is 1.49. The van der Waals surface area contributed by atoms with E-state index in [0.717, 1.165) is 6.42 Å². The lowest BCUT2D eigenvalue weighted by atomic mass is 10.1. The van der Waals surface area contributed by atoms with E-state index in [2.05, 4.69) is 24.4 Å². The second kappa shape index (κ2) is 6.35. The first kappa shape index (κ1) is 13.6. The van der Waals surface area contributed by atoms with Crippen LogP contribution in [0.4, 0.5) is 0 Å². The number of aryl methyl sites for hydroxylation is 1. The Balaban J connectivity index is 2.41. The van der Waals surface area contributed by atoms with Crippen LogP contribution >= 0.6 is 12.2 Å². The van der Waals surface area contributed by atoms with Gasteiger partial charge in [-0.05, 0) is 31.4 Å². The lowest BCUT2D eigenvalue weighted by Gasteiger charge is -2.11. The first-order valence-electron chi connectivity index (χ1n) is 5.64. The Labute approximate surface area is 107 Å². The summed E-state index contributed by atoms with van der Waals surface area (Å²) < 4.78 is 0. The minimum absolute atomic E-state index is 0.105. The highest BCUT2D eigenvalue weighted by atomic mass is 32.1. The van der Waals surface area contributed by atoms with Crippen molar-refractivity contribution in [2.75, 3.05) is 6.54 Å². The highest BCUT2D eigenvalue weighted by molar-refractivity contribution is 7.80. The number of nitrogens with one attached hydrogen (secondary N) is 1. The van der Waals surface area contributed by atoms with Gasteiger partial charge in [0.2, 0.25) is 5.91 Å². The number of nitrogens with two attached hydrogens (primary N) is 1. The highest BCUT2D eigenvalue weighted by Gasteiger charge is 2.14. The van der Waals surface area contributed by atoms with Crippen molar-refractivity contribution in [1.82, 2.24) is 5.32 Å². The SMILES string of the molecule is Cc1ccccc1CCNC(=O)C(C)C(N)=S. The smallest absolute Gasteiger partial charge is 0.229 e. The summed E-state index contributed by atoms with van der Waals surface area (Å²) in [6, 6.07) is 8.14. The number of amides is 1. The van der Waals surface area contributed by atoms with E-state index in [4.69, 9.17) is 18.0 Å². The van der Waals surface area contributed by atoms with Gasteiger partial charge in [-0.3, -0.25) is 4.79 Å². The summed E-state index contributed by atoms with van der Waals surface area (Å²) in [4.78, 5) is 11.8. The fourth-order valence-corrected chi connectivity index (χ4v) is 1.60. The zero-order valence-corrected chi connectivity index (χ0v) is 11.0. The van der Waals surface area contributed by atoms with Gasteiger partial charge in [-0.1, -0.05) is 36.5 Å². The summed E-state index contributed by atoms with van der Waals surface area (Å²) in [5.41, 5.74) is 7.90. The van der Waals surface area contributed by atoms with Crippen molar-refractivity contribution in [3.05, 3.63) is 35.4 Å². The van der Waals surface area contributed by atoms with E-state index in [0.29, 0.717) is 6.54 Å². The van der Waals surface area contributed by atoms with Gasteiger partial charge in [-0.25, -0.2) is 0 Å². The largest absolute Gasteiger partial charge is 0.393 e. The van der Waals surface area contributed by atoms with Crippen molar-refractivity contribution in [2.24, 2.45) is 11.7 Å². The third-order valence-corrected chi connectivity index (χ3v) is 3.13. The molecule has 0 aromatic heterocycles. The molecule has 4 heteroatoms. The minimum Gasteiger partial charge on any atom is -0.393 e. The number of benzene rings is 1. The zero-order valence-electron chi connectivity index (χ0n) is 10.2. The van der Waals surface area contributed by atoms with E-state index < -0.39 is 5.92 Å². The van der Waals surface area contributed by atoms with Crippen molar-refractivity contribution < 1.29 is 4.79 Å². The molecule has 17 heavy (non-hydrogen) atoms. The van der Waals surface area contributed by atoms with E-state index in [1.165, 1.54) is 11.1 Å². The molecule has 0 aliphatic carbocycles. The first-order valence-corrected chi connectivity index (χ1v) is 6.04. The summed E-state index contributed by atoms with van der Waals surface area (Å²) in [6.07, 6.45) is 0.822. The molecule has 0 aliphatic heterocycles. The molecule has 0 spiro atoms. The molecule has 92 valence electrons. The molecule has 0 saturated carbocycles. The maximum absolute atomic E-state index is 11.6. The summed E-state index contributed by atoms with van der Waals surface area (Å²) in [6.45, 7) is 4.39. The molecular formula is C13H18N2OS. The number of hydrogen-bond donors (Lipinski definition) is 2. The third kappa shape index (κ3) is 4.15. The summed E-state index contributed by atoms with van der Waals surface area (Å²) >= 11 is 4.78. The minimum atomic E-state index is -0.401. The van der Waals surface area contributed by atoms with Gasteiger partial charge < -0.3 is 11.1 Å². The lowest BCUT2D eigenvalue weighted by molar-refractivity contribution is -0.122. The number of carbonyl (C=O) groups is 1. The Morgan fingerprint density at radius 3 is 2.71 bits per heavy atom. The second-order valence-electron chi connectivity index (χ2n) is 4.09. The topological polar surface area (TPSA) is 55.1 Å². The van der Waals surface area contributed by atoms with E-state index in [1.54, 1.807) is 6.92 Å². The number of carbonyl (C=O) groups excluding carboxylic acids is 1. The van der Waals surface area contributed by atoms with Crippen LogP contribution in [0.25, 0.3) is 0 Å². The number of rotatable bonds is 5. The van der Waals surface area contributed by atoms with E-state index in [-0.39, 0.29) is 10.9 Å². The number of hydrogen-bond acceptors (Lipinski definition) is 2. The van der Waals surface area contributed by atoms with Gasteiger partial charge in [-0.2, -0.15) is 0 Å². The van der Waals surface area contributed by atoms with Crippen molar-refractivity contribution in [3.8, 4) is 0 Å². The maximum atomic E-state index is 11.6. The van der Waals surface area contributed by atoms with Crippen LogP contribution in [0.15, 0.2) is 24.3 Å². The molecule has 0 heterocycles. The average Bonchev–Trinajstić information content (AvgIpc) is 2.30. The monoisotopic (exact) mass is 250 g/mol. The molecule has 0 bridgehead atoms. The molecule has 3 N–H and O–H groups in total. The van der Waals surface area contributed by atoms with Crippen LogP contribution in [-0.4, -0.2) is 17.4 Å². The average molecular weight is 250 g/mol. The predicted octanol–water partition coefficient (Wildman–Crippen LogP) is 1.58. The van der Waals surface area contributed by atoms with Gasteiger partial charge in [0, 0.05) is 6.54 Å². The van der Waals surface area contributed by atoms with Crippen LogP contribution in [0.1, 0.15) is 18.1 Å². The Bertz CT molecular complexity index is 418. The van der Waals surface area contributed by atoms with Gasteiger partial charge in [0.05, 0.1) is 10.9 Å². The van der Waals surface area contributed by atoms with Crippen LogP contribution in [0.5, 0.6) is 0 Å². The highest BCUT2D eigenvalue weighted by Crippen LogP contribution is 2.07. The summed E-state index contributed by atoms with van der Waals surface area (Å²) in [5.74, 6) is -0.507. The second-order valence-corrected chi connectivity index (χ2v) is 4.56. The van der Waals surface area contributed by atoms with E-state index >= 15 is 0 Å². The van der Waals surface area contributed by atoms with Crippen molar-refractivity contribution in [2.45, 2.75) is 20.3 Å². The summed E-state index contributed by atoms with van der Waals surface area (Å²) in [7, 11) is 0. The molecule has 0 aliphatic rings. The van der Waals surface area contributed by atoms with E-state index in [1.807, 2.05) is 12.1 Å². The molecular weight excluding hydrogens is 232 g/mol. The van der Waals surface area contributed by atoms with E-state index in [9.17, 15) is 4.79 Å². The van der Waals surface area contributed by atoms with Crippen molar-refractivity contribution in [3.63, 3.8) is 0 Å². The Kier molecular flexibility index (Phi) is 5.10. The standard InChI is InChI=1S/C13H18N2OS/c1-9-5-3-4-6-11(9)7-8-15-13(16)10(2)12(14)17/h3-6,10H,7-8H2,1-2H3,(H2,14,17)(H,15,16). The lowest BCUT2D eigenvalue weighted by Crippen LogP contribution is -2.37. The Morgan fingerprint density at radius 2 is 2.12 bits per heavy atom. The molecule has 1 aromatic carbocycles. The fraction of sp³-hybridized carbons (Fsp3) is 0.385. The third-order valence-electron chi connectivity index (χ3n) is 2.77. The van der Waals surface area contributed by atoms with Crippen LogP contribution < -0.4 is 11.1 Å².